The number of hydrogen-bond acceptors (Lipinski definition) is 14. The van der Waals surface area contributed by atoms with Crippen LogP contribution in [0.4, 0.5) is 0 Å². The van der Waals surface area contributed by atoms with Crippen molar-refractivity contribution in [3.05, 3.63) is 10.4 Å². The van der Waals surface area contributed by atoms with Crippen LogP contribution in [0.15, 0.2) is 5.11 Å². The summed E-state index contributed by atoms with van der Waals surface area (Å²) < 4.78 is 60.9. The van der Waals surface area contributed by atoms with Gasteiger partial charge in [0.15, 0.2) is 6.10 Å². The average molecular weight is 1070 g/mol. The molecule has 0 aromatic heterocycles. The molecular formula is C54H105N4O14P. The lowest BCUT2D eigenvalue weighted by Gasteiger charge is -2.20. The first kappa shape index (κ1) is 70.6. The molecule has 430 valence electrons. The second-order valence-corrected chi connectivity index (χ2v) is 20.4. The van der Waals surface area contributed by atoms with E-state index in [-0.39, 0.29) is 51.5 Å². The van der Waals surface area contributed by atoms with Gasteiger partial charge in [-0.25, -0.2) is 4.57 Å². The molecule has 0 aromatic rings. The van der Waals surface area contributed by atoms with E-state index in [4.69, 9.17) is 47.7 Å². The predicted octanol–water partition coefficient (Wildman–Crippen LogP) is 13.0. The summed E-state index contributed by atoms with van der Waals surface area (Å²) in [6.07, 6.45) is 36.0. The highest BCUT2D eigenvalue weighted by atomic mass is 31.2. The maximum atomic E-state index is 12.8. The Labute approximate surface area is 442 Å². The topological polar surface area (TPSA) is 232 Å². The molecule has 0 spiro atoms. The first-order valence-electron chi connectivity index (χ1n) is 28.9. The van der Waals surface area contributed by atoms with E-state index in [2.05, 4.69) is 29.2 Å². The molecule has 2 unspecified atom stereocenters. The van der Waals surface area contributed by atoms with Gasteiger partial charge in [0.1, 0.15) is 6.61 Å². The summed E-state index contributed by atoms with van der Waals surface area (Å²) >= 11 is 0. The smallest absolute Gasteiger partial charge is 0.462 e. The van der Waals surface area contributed by atoms with E-state index in [0.29, 0.717) is 78.8 Å². The van der Waals surface area contributed by atoms with E-state index in [0.717, 1.165) is 38.5 Å². The van der Waals surface area contributed by atoms with Crippen LogP contribution in [0.5, 0.6) is 0 Å². The monoisotopic (exact) mass is 1060 g/mol. The number of carbonyl (C=O) groups is 3. The van der Waals surface area contributed by atoms with Gasteiger partial charge in [0.2, 0.25) is 5.91 Å². The molecule has 0 aliphatic carbocycles. The fourth-order valence-corrected chi connectivity index (χ4v) is 8.60. The van der Waals surface area contributed by atoms with Crippen molar-refractivity contribution in [2.24, 2.45) is 5.11 Å². The zero-order valence-electron chi connectivity index (χ0n) is 46.1. The van der Waals surface area contributed by atoms with Crippen LogP contribution in [0.1, 0.15) is 226 Å². The number of azide groups is 1. The van der Waals surface area contributed by atoms with Gasteiger partial charge in [0.25, 0.3) is 0 Å². The maximum absolute atomic E-state index is 12.8. The Morgan fingerprint density at radius 2 is 0.849 bits per heavy atom. The molecule has 1 amide bonds. The van der Waals surface area contributed by atoms with Gasteiger partial charge < -0.3 is 43.4 Å². The van der Waals surface area contributed by atoms with E-state index in [9.17, 15) is 23.8 Å². The minimum absolute atomic E-state index is 0.0534. The Bertz CT molecular complexity index is 1330. The van der Waals surface area contributed by atoms with Crippen molar-refractivity contribution < 1.29 is 66.0 Å². The molecule has 0 heterocycles. The molecule has 0 fully saturated rings. The predicted molar refractivity (Wildman–Crippen MR) is 287 cm³/mol. The third kappa shape index (κ3) is 57.2. The largest absolute Gasteiger partial charge is 0.472 e. The summed E-state index contributed by atoms with van der Waals surface area (Å²) in [5, 5.41) is 5.97. The second-order valence-electron chi connectivity index (χ2n) is 18.9. The van der Waals surface area contributed by atoms with E-state index in [1.165, 1.54) is 141 Å². The van der Waals surface area contributed by atoms with Crippen molar-refractivity contribution in [1.82, 2.24) is 5.32 Å². The zero-order chi connectivity index (χ0) is 53.2. The van der Waals surface area contributed by atoms with Gasteiger partial charge in [-0.3, -0.25) is 23.4 Å². The fourth-order valence-electron chi connectivity index (χ4n) is 7.85. The number of esters is 2. The molecule has 0 aromatic carbocycles. The van der Waals surface area contributed by atoms with Crippen LogP contribution < -0.4 is 5.32 Å². The molecule has 19 heteroatoms. The summed E-state index contributed by atoms with van der Waals surface area (Å²) in [7, 11) is -4.61. The van der Waals surface area contributed by atoms with Crippen LogP contribution in [0.3, 0.4) is 0 Å². The number of nitrogens with one attached hydrogen (secondary N) is 1. The summed E-state index contributed by atoms with van der Waals surface area (Å²) in [5.41, 5.74) is 8.20. The van der Waals surface area contributed by atoms with Crippen LogP contribution >= 0.6 is 7.82 Å². The highest BCUT2D eigenvalue weighted by Crippen LogP contribution is 2.43. The minimum Gasteiger partial charge on any atom is -0.462 e. The van der Waals surface area contributed by atoms with Gasteiger partial charge in [-0.05, 0) is 18.4 Å². The third-order valence-electron chi connectivity index (χ3n) is 12.2. The van der Waals surface area contributed by atoms with Crippen LogP contribution in [0.2, 0.25) is 0 Å². The van der Waals surface area contributed by atoms with Gasteiger partial charge in [-0.2, -0.15) is 0 Å². The lowest BCUT2D eigenvalue weighted by atomic mass is 10.0. The molecule has 0 aliphatic rings. The molecule has 0 aliphatic heterocycles. The van der Waals surface area contributed by atoms with Gasteiger partial charge in [0.05, 0.1) is 79.3 Å². The molecule has 2 atom stereocenters. The number of phosphoric ester groups is 1. The van der Waals surface area contributed by atoms with E-state index < -0.39 is 32.5 Å². The summed E-state index contributed by atoms with van der Waals surface area (Å²) in [5.74, 6) is -1.24. The van der Waals surface area contributed by atoms with Crippen LogP contribution in [0, 0.1) is 0 Å². The van der Waals surface area contributed by atoms with E-state index in [1.54, 1.807) is 0 Å². The standard InChI is InChI=1S/C54H105N4O14P/c1-3-5-7-9-11-13-15-17-19-21-23-25-27-29-31-33-53(60)69-49-51(72-54(61)34-32-30-28-26-24-22-20-18-16-14-12-10-8-6-4-2)50-71-73(62,63)70-40-36-56-52(59)35-38-64-41-43-66-45-47-68-48-46-67-44-42-65-39-37-57-58-55/h51H,3-50H2,1-2H3,(H,56,59)(H,62,63). The third-order valence-corrected chi connectivity index (χ3v) is 13.1. The first-order chi connectivity index (χ1) is 35.7. The number of amides is 1. The van der Waals surface area contributed by atoms with Gasteiger partial charge in [-0.1, -0.05) is 199 Å². The molecule has 73 heavy (non-hydrogen) atoms. The number of rotatable bonds is 60. The Kier molecular flexibility index (Phi) is 55.5. The normalized spacial score (nSPS) is 12.6. The Hall–Kier alpha value is -2.37. The molecule has 0 bridgehead atoms. The Morgan fingerprint density at radius 1 is 0.479 bits per heavy atom. The molecular weight excluding hydrogens is 960 g/mol. The Balaban J connectivity index is 4.41. The number of ether oxygens (including phenoxy) is 7. The number of hydrogen-bond donors (Lipinski definition) is 2. The fraction of sp³-hybridized carbons (Fsp3) is 0.944. The van der Waals surface area contributed by atoms with Gasteiger partial charge >= 0.3 is 19.8 Å². The van der Waals surface area contributed by atoms with Crippen molar-refractivity contribution >= 4 is 25.7 Å². The number of unbranched alkanes of at least 4 members (excludes halogenated alkanes) is 28. The zero-order valence-corrected chi connectivity index (χ0v) is 47.0. The van der Waals surface area contributed by atoms with Crippen molar-refractivity contribution in [3.8, 4) is 0 Å². The number of nitrogens with zero attached hydrogens (tertiary/aromatic N) is 3. The molecule has 2 N–H and O–H groups in total. The average Bonchev–Trinajstić information content (AvgIpc) is 3.38. The number of carbonyl (C=O) groups excluding carboxylic acids is 3. The van der Waals surface area contributed by atoms with E-state index >= 15 is 0 Å². The first-order valence-corrected chi connectivity index (χ1v) is 30.4. The van der Waals surface area contributed by atoms with Crippen molar-refractivity contribution in [2.75, 3.05) is 99.0 Å². The highest BCUT2D eigenvalue weighted by molar-refractivity contribution is 7.47. The summed E-state index contributed by atoms with van der Waals surface area (Å²) in [6.45, 7) is 7.18. The minimum atomic E-state index is -4.61. The maximum Gasteiger partial charge on any atom is 0.472 e. The Morgan fingerprint density at radius 3 is 1.26 bits per heavy atom. The number of phosphoric acid groups is 1. The van der Waals surface area contributed by atoms with Crippen LogP contribution in [-0.2, 0) is 61.2 Å². The summed E-state index contributed by atoms with van der Waals surface area (Å²) in [4.78, 5) is 50.7. The van der Waals surface area contributed by atoms with Gasteiger partial charge in [-0.15, -0.1) is 0 Å². The SMILES string of the molecule is CCCCCCCCCCCCCCCCCC(=O)OCC(COP(=O)(O)OCCNC(=O)CCOCCOCCOCCOCCOCCN=[N+]=[N-])OC(=O)CCCCCCCCCCCCCCCCC. The van der Waals surface area contributed by atoms with Gasteiger partial charge in [0, 0.05) is 37.3 Å². The molecule has 18 nitrogen and oxygen atoms in total. The van der Waals surface area contributed by atoms with E-state index in [1.807, 2.05) is 0 Å². The lowest BCUT2D eigenvalue weighted by Crippen LogP contribution is -2.30. The molecule has 0 saturated carbocycles. The summed E-state index contributed by atoms with van der Waals surface area (Å²) in [6, 6.07) is 0. The molecule has 0 rings (SSSR count). The molecule has 0 saturated heterocycles. The lowest BCUT2D eigenvalue weighted by molar-refractivity contribution is -0.161. The molecule has 0 radical (unpaired) electrons. The van der Waals surface area contributed by atoms with Crippen molar-refractivity contribution in [1.29, 1.82) is 0 Å². The van der Waals surface area contributed by atoms with Crippen molar-refractivity contribution in [3.63, 3.8) is 0 Å². The second kappa shape index (κ2) is 57.3. The van der Waals surface area contributed by atoms with Crippen LogP contribution in [0.25, 0.3) is 10.4 Å². The van der Waals surface area contributed by atoms with Crippen LogP contribution in [-0.4, -0.2) is 128 Å². The highest BCUT2D eigenvalue weighted by Gasteiger charge is 2.26. The van der Waals surface area contributed by atoms with Crippen molar-refractivity contribution in [2.45, 2.75) is 232 Å². The quantitative estimate of drug-likeness (QED) is 0.0144.